The average Bonchev–Trinajstić information content (AvgIpc) is 2.67. The van der Waals surface area contributed by atoms with Crippen LogP contribution in [0.25, 0.3) is 0 Å². The first kappa shape index (κ1) is 25.2. The molecule has 0 aromatic heterocycles. The maximum absolute atomic E-state index is 5.87. The molecule has 0 amide bonds. The lowest BCUT2D eigenvalue weighted by Gasteiger charge is -2.44. The molecule has 1 aliphatic rings. The van der Waals surface area contributed by atoms with E-state index >= 15 is 0 Å². The fraction of sp³-hybridized carbons (Fsp3) is 1.00. The SMILES string of the molecule is CC1C(C)[C@@H](C)[C@@H](C)C1[Si@](C)(CCCCCCOC(C)(C)C)NC(C)(C)C. The van der Waals surface area contributed by atoms with Crippen LogP contribution in [0.5, 0.6) is 0 Å². The Labute approximate surface area is 172 Å². The molecule has 0 aromatic rings. The molecule has 0 heterocycles. The maximum Gasteiger partial charge on any atom is 0.126 e. The van der Waals surface area contributed by atoms with Gasteiger partial charge in [-0.05, 0) is 83.2 Å². The van der Waals surface area contributed by atoms with Crippen LogP contribution in [0, 0.1) is 23.7 Å². The van der Waals surface area contributed by atoms with Crippen molar-refractivity contribution in [3.8, 4) is 0 Å². The Morgan fingerprint density at radius 2 is 1.22 bits per heavy atom. The molecular formula is C24H51NOSi. The second kappa shape index (κ2) is 9.76. The van der Waals surface area contributed by atoms with Crippen LogP contribution >= 0.6 is 0 Å². The van der Waals surface area contributed by atoms with E-state index in [-0.39, 0.29) is 11.1 Å². The van der Waals surface area contributed by atoms with Gasteiger partial charge in [-0.15, -0.1) is 0 Å². The van der Waals surface area contributed by atoms with Crippen molar-refractivity contribution in [2.45, 2.75) is 124 Å². The van der Waals surface area contributed by atoms with Crippen molar-refractivity contribution in [3.05, 3.63) is 0 Å². The molecule has 1 rings (SSSR count). The maximum atomic E-state index is 5.87. The lowest BCUT2D eigenvalue weighted by atomic mass is 9.92. The highest BCUT2D eigenvalue weighted by atomic mass is 28.3. The molecule has 0 bridgehead atoms. The van der Waals surface area contributed by atoms with Crippen LogP contribution in [-0.2, 0) is 4.74 Å². The summed E-state index contributed by atoms with van der Waals surface area (Å²) in [4.78, 5) is 4.21. The van der Waals surface area contributed by atoms with E-state index in [1.165, 1.54) is 31.7 Å². The number of hydrogen-bond acceptors (Lipinski definition) is 2. The molecule has 162 valence electrons. The molecule has 0 saturated heterocycles. The summed E-state index contributed by atoms with van der Waals surface area (Å²) in [6, 6.07) is 1.42. The fourth-order valence-electron chi connectivity index (χ4n) is 5.75. The van der Waals surface area contributed by atoms with Crippen LogP contribution < -0.4 is 4.98 Å². The summed E-state index contributed by atoms with van der Waals surface area (Å²) in [5.74, 6) is 3.41. The predicted molar refractivity (Wildman–Crippen MR) is 124 cm³/mol. The largest absolute Gasteiger partial charge is 0.376 e. The summed E-state index contributed by atoms with van der Waals surface area (Å²) in [5.41, 5.74) is 1.12. The van der Waals surface area contributed by atoms with E-state index in [2.05, 4.69) is 80.8 Å². The molecule has 0 radical (unpaired) electrons. The van der Waals surface area contributed by atoms with Gasteiger partial charge in [0.25, 0.3) is 0 Å². The van der Waals surface area contributed by atoms with Gasteiger partial charge in [-0.1, -0.05) is 53.5 Å². The Bertz CT molecular complexity index is 425. The molecule has 1 aliphatic carbocycles. The predicted octanol–water partition coefficient (Wildman–Crippen LogP) is 7.25. The first-order chi connectivity index (χ1) is 12.2. The molecule has 3 unspecified atom stereocenters. The standard InChI is InChI=1S/C24H51NOSi/c1-18-19(2)21(4)22(20(18)3)27(11,25-23(5,6)7)17-15-13-12-14-16-26-24(8,9)10/h18-22,25H,12-17H2,1-11H3/t18-,19?,20-,21?,22?,27+/m1/s1. The van der Waals surface area contributed by atoms with E-state index in [9.17, 15) is 0 Å². The minimum atomic E-state index is -1.54. The second-order valence-corrected chi connectivity index (χ2v) is 16.1. The summed E-state index contributed by atoms with van der Waals surface area (Å²) < 4.78 is 5.87. The molecular weight excluding hydrogens is 346 g/mol. The van der Waals surface area contributed by atoms with E-state index in [0.29, 0.717) is 0 Å². The van der Waals surface area contributed by atoms with E-state index in [1.807, 2.05) is 0 Å². The van der Waals surface area contributed by atoms with Crippen LogP contribution in [0.2, 0.25) is 18.1 Å². The van der Waals surface area contributed by atoms with Gasteiger partial charge < -0.3 is 9.72 Å². The van der Waals surface area contributed by atoms with Gasteiger partial charge >= 0.3 is 0 Å². The minimum absolute atomic E-state index is 0.00422. The number of ether oxygens (including phenoxy) is 1. The molecule has 1 N–H and O–H groups in total. The molecule has 2 nitrogen and oxygen atoms in total. The Morgan fingerprint density at radius 3 is 1.67 bits per heavy atom. The molecule has 1 saturated carbocycles. The molecule has 27 heavy (non-hydrogen) atoms. The zero-order chi connectivity index (χ0) is 21.0. The smallest absolute Gasteiger partial charge is 0.126 e. The van der Waals surface area contributed by atoms with Crippen molar-refractivity contribution in [3.63, 3.8) is 0 Å². The fourth-order valence-corrected chi connectivity index (χ4v) is 12.0. The van der Waals surface area contributed by atoms with E-state index in [4.69, 9.17) is 4.74 Å². The first-order valence-corrected chi connectivity index (χ1v) is 14.4. The van der Waals surface area contributed by atoms with Gasteiger partial charge in [-0.3, -0.25) is 0 Å². The lowest BCUT2D eigenvalue weighted by Crippen LogP contribution is -2.60. The minimum Gasteiger partial charge on any atom is -0.376 e. The van der Waals surface area contributed by atoms with Crippen LogP contribution in [0.15, 0.2) is 0 Å². The molecule has 6 atom stereocenters. The van der Waals surface area contributed by atoms with Crippen molar-refractivity contribution in [2.24, 2.45) is 23.7 Å². The van der Waals surface area contributed by atoms with Gasteiger partial charge in [0.15, 0.2) is 0 Å². The van der Waals surface area contributed by atoms with E-state index in [0.717, 1.165) is 35.8 Å². The molecule has 1 fully saturated rings. The van der Waals surface area contributed by atoms with Crippen molar-refractivity contribution >= 4 is 8.24 Å². The van der Waals surface area contributed by atoms with E-state index in [1.54, 1.807) is 0 Å². The molecule has 3 heteroatoms. The number of rotatable bonds is 9. The van der Waals surface area contributed by atoms with Gasteiger partial charge in [0.05, 0.1) is 5.60 Å². The first-order valence-electron chi connectivity index (χ1n) is 11.6. The third-order valence-corrected chi connectivity index (χ3v) is 12.4. The van der Waals surface area contributed by atoms with Crippen molar-refractivity contribution < 1.29 is 4.74 Å². The summed E-state index contributed by atoms with van der Waals surface area (Å²) in [6.07, 6.45) is 5.23. The van der Waals surface area contributed by atoms with Gasteiger partial charge in [-0.25, -0.2) is 0 Å². The molecule has 0 aromatic carbocycles. The highest BCUT2D eigenvalue weighted by Gasteiger charge is 2.51. The Balaban J connectivity index is 2.64. The Hall–Kier alpha value is 0.137. The second-order valence-electron chi connectivity index (χ2n) is 11.9. The quantitative estimate of drug-likeness (QED) is 0.326. The van der Waals surface area contributed by atoms with Crippen LogP contribution in [0.4, 0.5) is 0 Å². The van der Waals surface area contributed by atoms with Crippen molar-refractivity contribution in [2.75, 3.05) is 6.61 Å². The van der Waals surface area contributed by atoms with Crippen LogP contribution in [0.3, 0.4) is 0 Å². The zero-order valence-corrected chi connectivity index (χ0v) is 21.5. The van der Waals surface area contributed by atoms with Crippen molar-refractivity contribution in [1.82, 2.24) is 4.98 Å². The lowest BCUT2D eigenvalue weighted by molar-refractivity contribution is -0.00471. The Kier molecular flexibility index (Phi) is 9.10. The number of unbranched alkanes of at least 4 members (excludes halogenated alkanes) is 3. The third kappa shape index (κ3) is 7.82. The third-order valence-electron chi connectivity index (χ3n) is 7.14. The zero-order valence-electron chi connectivity index (χ0n) is 20.5. The van der Waals surface area contributed by atoms with Crippen LogP contribution in [-0.4, -0.2) is 26.0 Å². The van der Waals surface area contributed by atoms with E-state index < -0.39 is 8.24 Å². The summed E-state index contributed by atoms with van der Waals surface area (Å²) in [6.45, 7) is 27.1. The highest BCUT2D eigenvalue weighted by Crippen LogP contribution is 2.54. The normalized spacial score (nSPS) is 31.9. The number of nitrogens with one attached hydrogen (secondary N) is 1. The molecule has 0 spiro atoms. The topological polar surface area (TPSA) is 21.3 Å². The monoisotopic (exact) mass is 397 g/mol. The van der Waals surface area contributed by atoms with Crippen LogP contribution in [0.1, 0.15) is 94.9 Å². The summed E-state index contributed by atoms with van der Waals surface area (Å²) >= 11 is 0. The molecule has 0 aliphatic heterocycles. The highest BCUT2D eigenvalue weighted by molar-refractivity contribution is 6.78. The summed E-state index contributed by atoms with van der Waals surface area (Å²) in [5, 5.41) is 0. The van der Waals surface area contributed by atoms with Gasteiger partial charge in [0.1, 0.15) is 8.24 Å². The van der Waals surface area contributed by atoms with Gasteiger partial charge in [-0.2, -0.15) is 0 Å². The Morgan fingerprint density at radius 1 is 0.741 bits per heavy atom. The number of hydrogen-bond donors (Lipinski definition) is 1. The summed E-state index contributed by atoms with van der Waals surface area (Å²) in [7, 11) is -1.54. The van der Waals surface area contributed by atoms with Gasteiger partial charge in [0.2, 0.25) is 0 Å². The van der Waals surface area contributed by atoms with Gasteiger partial charge in [0, 0.05) is 12.1 Å². The average molecular weight is 398 g/mol. The van der Waals surface area contributed by atoms with Crippen molar-refractivity contribution in [1.29, 1.82) is 0 Å².